The molecule has 0 amide bonds. The van der Waals surface area contributed by atoms with Gasteiger partial charge in [-0.25, -0.2) is 12.8 Å². The van der Waals surface area contributed by atoms with Crippen LogP contribution in [0.3, 0.4) is 0 Å². The van der Waals surface area contributed by atoms with Gasteiger partial charge in [0.1, 0.15) is 21.8 Å². The molecule has 0 saturated carbocycles. The Morgan fingerprint density at radius 1 is 0.854 bits per heavy atom. The fourth-order valence-electron chi connectivity index (χ4n) is 6.60. The Bertz CT molecular complexity index is 2160. The predicted molar refractivity (Wildman–Crippen MR) is 196 cm³/mol. The molecule has 4 aromatic carbocycles. The minimum Gasteiger partial charge on any atom is -0.342 e. The maximum absolute atomic E-state index is 13.5. The molecule has 1 aliphatic carbocycles. The van der Waals surface area contributed by atoms with Crippen molar-refractivity contribution in [1.82, 2.24) is 0 Å². The molecule has 2 radical (unpaired) electrons. The zero-order valence-corrected chi connectivity index (χ0v) is 29.4. The second-order valence-electron chi connectivity index (χ2n) is 12.0. The summed E-state index contributed by atoms with van der Waals surface area (Å²) in [4.78, 5) is 15.8. The van der Waals surface area contributed by atoms with E-state index in [-0.39, 0.29) is 5.56 Å². The largest absolute Gasteiger partial charge is 0.342 e. The first-order valence-corrected chi connectivity index (χ1v) is 19.0. The molecule has 0 N–H and O–H groups in total. The number of carbonyl (C=O) groups is 1. The van der Waals surface area contributed by atoms with Crippen molar-refractivity contribution in [3.8, 4) is 0 Å². The van der Waals surface area contributed by atoms with Gasteiger partial charge >= 0.3 is 0 Å². The summed E-state index contributed by atoms with van der Waals surface area (Å²) >= 11 is 0. The van der Waals surface area contributed by atoms with Crippen LogP contribution in [0.5, 0.6) is 0 Å². The highest BCUT2D eigenvalue weighted by Gasteiger charge is 2.31. The maximum Gasteiger partial charge on any atom is 0.208 e. The van der Waals surface area contributed by atoms with Gasteiger partial charge in [0.05, 0.1) is 0 Å². The van der Waals surface area contributed by atoms with Crippen molar-refractivity contribution in [3.05, 3.63) is 148 Å². The van der Waals surface area contributed by atoms with Crippen molar-refractivity contribution in [2.24, 2.45) is 0 Å². The molecular formula is C40H38FN2O3SSi+. The summed E-state index contributed by atoms with van der Waals surface area (Å²) in [7, 11) is -3.82. The molecular weight excluding hydrogens is 636 g/mol. The summed E-state index contributed by atoms with van der Waals surface area (Å²) in [5, 5.41) is 2.27. The van der Waals surface area contributed by atoms with Crippen LogP contribution in [-0.2, 0) is 9.84 Å². The molecule has 2 aliphatic rings. The lowest BCUT2D eigenvalue weighted by Gasteiger charge is -2.30. The lowest BCUT2D eigenvalue weighted by molar-refractivity contribution is -0.435. The Morgan fingerprint density at radius 3 is 2.27 bits per heavy atom. The number of halogens is 1. The number of sulfone groups is 1. The van der Waals surface area contributed by atoms with E-state index < -0.39 is 27.4 Å². The van der Waals surface area contributed by atoms with Crippen LogP contribution < -0.4 is 10.1 Å². The summed E-state index contributed by atoms with van der Waals surface area (Å²) < 4.78 is 40.0. The Morgan fingerprint density at radius 2 is 1.56 bits per heavy atom. The van der Waals surface area contributed by atoms with Crippen molar-refractivity contribution in [1.29, 1.82) is 0 Å². The van der Waals surface area contributed by atoms with Crippen LogP contribution >= 0.6 is 0 Å². The van der Waals surface area contributed by atoms with E-state index in [1.54, 1.807) is 12.1 Å². The first-order valence-electron chi connectivity index (χ1n) is 16.1. The SMILES string of the molecule is CCN(c1ccc2c(c1)[Si]C1=CC(=[N+](CC)c3ccccc3C)C=CC1=C2c1ccccc1C(=O)CS(=O)(=O)CF)c1ccccc1C. The van der Waals surface area contributed by atoms with Gasteiger partial charge in [0, 0.05) is 47.3 Å². The van der Waals surface area contributed by atoms with Crippen LogP contribution in [0.2, 0.25) is 0 Å². The number of Topliss-reactive ketones (excluding diaryl/α,β-unsaturated/α-hetero) is 1. The minimum atomic E-state index is -4.17. The normalized spacial score (nSPS) is 15.1. The summed E-state index contributed by atoms with van der Waals surface area (Å²) in [5.74, 6) is -1.50. The number of carbonyl (C=O) groups excluding carboxylic acids is 1. The monoisotopic (exact) mass is 673 g/mol. The van der Waals surface area contributed by atoms with Gasteiger partial charge in [0.25, 0.3) is 0 Å². The summed E-state index contributed by atoms with van der Waals surface area (Å²) in [5.41, 5.74) is 10.6. The molecule has 48 heavy (non-hydrogen) atoms. The molecule has 6 rings (SSSR count). The van der Waals surface area contributed by atoms with E-state index in [4.69, 9.17) is 0 Å². The molecule has 8 heteroatoms. The van der Waals surface area contributed by atoms with Gasteiger partial charge in [-0.1, -0.05) is 66.7 Å². The Hall–Kier alpha value is -4.66. The van der Waals surface area contributed by atoms with E-state index in [2.05, 4.69) is 110 Å². The van der Waals surface area contributed by atoms with Crippen LogP contribution in [0.15, 0.2) is 120 Å². The Labute approximate surface area is 285 Å². The van der Waals surface area contributed by atoms with Gasteiger partial charge in [0.2, 0.25) is 11.4 Å². The number of rotatable bonds is 10. The van der Waals surface area contributed by atoms with Crippen LogP contribution in [-0.4, -0.2) is 58.9 Å². The molecule has 0 spiro atoms. The van der Waals surface area contributed by atoms with Gasteiger partial charge in [-0.05, 0) is 90.2 Å². The highest BCUT2D eigenvalue weighted by Crippen LogP contribution is 2.39. The summed E-state index contributed by atoms with van der Waals surface area (Å²) in [6.45, 7) is 10.1. The molecule has 0 saturated heterocycles. The van der Waals surface area contributed by atoms with E-state index in [1.165, 1.54) is 11.1 Å². The first kappa shape index (κ1) is 33.2. The van der Waals surface area contributed by atoms with Crippen molar-refractivity contribution in [3.63, 3.8) is 0 Å². The number of anilines is 2. The quantitative estimate of drug-likeness (QED) is 0.100. The number of hydrogen-bond donors (Lipinski definition) is 0. The van der Waals surface area contributed by atoms with Gasteiger partial charge < -0.3 is 4.90 Å². The first-order chi connectivity index (χ1) is 23.2. The number of aryl methyl sites for hydroxylation is 2. The van der Waals surface area contributed by atoms with Crippen LogP contribution in [0, 0.1) is 13.8 Å². The average Bonchev–Trinajstić information content (AvgIpc) is 3.09. The Balaban J connectivity index is 1.57. The molecule has 0 fully saturated rings. The van der Waals surface area contributed by atoms with E-state index in [9.17, 15) is 17.6 Å². The molecule has 0 unspecified atom stereocenters. The lowest BCUT2D eigenvalue weighted by atomic mass is 9.86. The van der Waals surface area contributed by atoms with Crippen LogP contribution in [0.4, 0.5) is 21.5 Å². The van der Waals surface area contributed by atoms with Gasteiger partial charge in [-0.2, -0.15) is 4.58 Å². The predicted octanol–water partition coefficient (Wildman–Crippen LogP) is 7.39. The molecule has 0 atom stereocenters. The van der Waals surface area contributed by atoms with Crippen molar-refractivity contribution < 1.29 is 22.2 Å². The lowest BCUT2D eigenvalue weighted by Crippen LogP contribution is -2.31. The summed E-state index contributed by atoms with van der Waals surface area (Å²) in [6.07, 6.45) is 6.49. The second-order valence-corrected chi connectivity index (χ2v) is 15.3. The van der Waals surface area contributed by atoms with Crippen molar-refractivity contribution in [2.45, 2.75) is 27.7 Å². The Kier molecular flexibility index (Phi) is 9.58. The molecule has 0 aromatic heterocycles. The molecule has 0 bridgehead atoms. The number of para-hydroxylation sites is 2. The molecule has 1 heterocycles. The zero-order valence-electron chi connectivity index (χ0n) is 27.6. The summed E-state index contributed by atoms with van der Waals surface area (Å²) in [6, 6.07) is 28.7. The third-order valence-electron chi connectivity index (χ3n) is 8.90. The number of benzene rings is 4. The van der Waals surface area contributed by atoms with Crippen LogP contribution in [0.1, 0.15) is 46.5 Å². The maximum atomic E-state index is 13.5. The van der Waals surface area contributed by atoms with E-state index >= 15 is 0 Å². The molecule has 242 valence electrons. The number of nitrogens with zero attached hydrogens (tertiary/aromatic N) is 2. The fourth-order valence-corrected chi connectivity index (χ4v) is 8.65. The minimum absolute atomic E-state index is 0.269. The number of allylic oxidation sites excluding steroid dienone is 5. The van der Waals surface area contributed by atoms with Gasteiger partial charge in [-0.15, -0.1) is 0 Å². The third kappa shape index (κ3) is 6.42. The van der Waals surface area contributed by atoms with E-state index in [1.807, 2.05) is 24.3 Å². The smallest absolute Gasteiger partial charge is 0.208 e. The van der Waals surface area contributed by atoms with Crippen LogP contribution in [0.25, 0.3) is 5.57 Å². The number of fused-ring (bicyclic) bond motifs is 2. The van der Waals surface area contributed by atoms with Crippen molar-refractivity contribution >= 4 is 58.7 Å². The highest BCUT2D eigenvalue weighted by molar-refractivity contribution is 7.91. The van der Waals surface area contributed by atoms with Crippen molar-refractivity contribution in [2.75, 3.05) is 29.7 Å². The number of alkyl halides is 1. The highest BCUT2D eigenvalue weighted by atomic mass is 32.2. The van der Waals surface area contributed by atoms with E-state index in [0.717, 1.165) is 63.0 Å². The molecule has 1 aliphatic heterocycles. The van der Waals surface area contributed by atoms with Gasteiger partial charge in [-0.3, -0.25) is 4.79 Å². The zero-order chi connectivity index (χ0) is 34.0. The topological polar surface area (TPSA) is 57.5 Å². The van der Waals surface area contributed by atoms with Gasteiger partial charge in [0.15, 0.2) is 21.6 Å². The van der Waals surface area contributed by atoms with E-state index in [0.29, 0.717) is 15.1 Å². The standard InChI is InChI=1S/C40H38FN2O3SSi/c1-5-42(35-17-11-7-13-27(35)3)29-19-21-33-38(23-29)48-39-24-30(43(6-2)36-18-12-8-14-28(36)4)20-22-34(39)40(33)32-16-10-9-15-31(32)37(44)25-47(45,46)26-41/h7-24H,5-6,25-26H2,1-4H3/q+1. The number of ketones is 1. The number of hydrogen-bond acceptors (Lipinski definition) is 4. The third-order valence-corrected chi connectivity index (χ3v) is 11.3. The fraction of sp³-hybridized carbons (Fsp3) is 0.200. The average molecular weight is 674 g/mol. The second kappa shape index (κ2) is 13.8. The molecule has 4 aromatic rings. The molecule has 5 nitrogen and oxygen atoms in total.